The first kappa shape index (κ1) is 12.6. The Morgan fingerprint density at radius 2 is 2.00 bits per heavy atom. The quantitative estimate of drug-likeness (QED) is 0.780. The van der Waals surface area contributed by atoms with Crippen LogP contribution in [0.15, 0.2) is 48.9 Å². The minimum Gasteiger partial charge on any atom is -0.382 e. The van der Waals surface area contributed by atoms with Crippen LogP contribution in [0.25, 0.3) is 5.69 Å². The number of hydrogen-bond donors (Lipinski definition) is 1. The van der Waals surface area contributed by atoms with Crippen LogP contribution in [0.4, 0.5) is 0 Å². The van der Waals surface area contributed by atoms with Crippen LogP contribution in [0.2, 0.25) is 0 Å². The van der Waals surface area contributed by atoms with E-state index in [-0.39, 0.29) is 0 Å². The maximum atomic E-state index is 10.5. The third kappa shape index (κ3) is 2.21. The van der Waals surface area contributed by atoms with E-state index in [9.17, 15) is 5.11 Å². The molecule has 0 aliphatic rings. The summed E-state index contributed by atoms with van der Waals surface area (Å²) >= 11 is 0. The fraction of sp³-hybridized carbons (Fsp3) is 0.214. The summed E-state index contributed by atoms with van der Waals surface area (Å²) in [5, 5.41) is 22.6. The highest BCUT2D eigenvalue weighted by Gasteiger charge is 2.18. The summed E-state index contributed by atoms with van der Waals surface area (Å²) < 4.78 is 3.41. The van der Waals surface area contributed by atoms with E-state index < -0.39 is 6.10 Å². The minimum absolute atomic E-state index is 0.617. The maximum absolute atomic E-state index is 10.5. The molecule has 0 radical (unpaired) electrons. The van der Waals surface area contributed by atoms with E-state index in [4.69, 9.17) is 0 Å². The SMILES string of the molecule is CCn1cc(C(O)c2cnnn2-c2ccccc2)cn1. The van der Waals surface area contributed by atoms with Gasteiger partial charge in [0, 0.05) is 18.3 Å². The fourth-order valence-electron chi connectivity index (χ4n) is 2.06. The van der Waals surface area contributed by atoms with Gasteiger partial charge in [0.25, 0.3) is 0 Å². The average Bonchev–Trinajstić information content (AvgIpc) is 3.16. The number of aliphatic hydroxyl groups excluding tert-OH is 1. The molecule has 20 heavy (non-hydrogen) atoms. The van der Waals surface area contributed by atoms with Crippen LogP contribution in [0.5, 0.6) is 0 Å². The lowest BCUT2D eigenvalue weighted by atomic mass is 10.1. The highest BCUT2D eigenvalue weighted by Crippen LogP contribution is 2.22. The van der Waals surface area contributed by atoms with E-state index in [1.165, 1.54) is 0 Å². The molecule has 3 rings (SSSR count). The van der Waals surface area contributed by atoms with Crippen molar-refractivity contribution in [3.8, 4) is 5.69 Å². The zero-order valence-electron chi connectivity index (χ0n) is 11.1. The molecule has 2 heterocycles. The molecule has 6 heteroatoms. The second-order valence-corrected chi connectivity index (χ2v) is 4.44. The number of aliphatic hydroxyl groups is 1. The summed E-state index contributed by atoms with van der Waals surface area (Å²) in [6.45, 7) is 2.77. The molecular formula is C14H15N5O. The van der Waals surface area contributed by atoms with Gasteiger partial charge in [0.1, 0.15) is 6.10 Å². The number of nitrogens with zero attached hydrogens (tertiary/aromatic N) is 5. The largest absolute Gasteiger partial charge is 0.382 e. The third-order valence-electron chi connectivity index (χ3n) is 3.15. The number of hydrogen-bond acceptors (Lipinski definition) is 4. The molecule has 102 valence electrons. The van der Waals surface area contributed by atoms with Crippen LogP contribution >= 0.6 is 0 Å². The zero-order valence-corrected chi connectivity index (χ0v) is 11.1. The van der Waals surface area contributed by atoms with E-state index in [1.54, 1.807) is 21.8 Å². The van der Waals surface area contributed by atoms with Gasteiger partial charge in [-0.25, -0.2) is 4.68 Å². The van der Waals surface area contributed by atoms with Gasteiger partial charge in [-0.3, -0.25) is 4.68 Å². The van der Waals surface area contributed by atoms with Crippen LogP contribution < -0.4 is 0 Å². The van der Waals surface area contributed by atoms with Crippen LogP contribution in [-0.2, 0) is 6.54 Å². The van der Waals surface area contributed by atoms with Gasteiger partial charge in [0.05, 0.1) is 23.8 Å². The minimum atomic E-state index is -0.800. The van der Waals surface area contributed by atoms with Crippen molar-refractivity contribution in [2.45, 2.75) is 19.6 Å². The average molecular weight is 269 g/mol. The van der Waals surface area contributed by atoms with Crippen LogP contribution in [-0.4, -0.2) is 29.9 Å². The summed E-state index contributed by atoms with van der Waals surface area (Å²) in [5.74, 6) is 0. The van der Waals surface area contributed by atoms with Crippen molar-refractivity contribution in [1.29, 1.82) is 0 Å². The normalized spacial score (nSPS) is 12.5. The van der Waals surface area contributed by atoms with Crippen molar-refractivity contribution in [3.05, 3.63) is 60.2 Å². The molecule has 1 unspecified atom stereocenters. The Hall–Kier alpha value is -2.47. The Labute approximate surface area is 116 Å². The summed E-state index contributed by atoms with van der Waals surface area (Å²) in [6, 6.07) is 9.60. The molecule has 0 bridgehead atoms. The summed E-state index contributed by atoms with van der Waals surface area (Å²) in [7, 11) is 0. The molecular weight excluding hydrogens is 254 g/mol. The van der Waals surface area contributed by atoms with Crippen LogP contribution in [0.1, 0.15) is 24.3 Å². The molecule has 1 atom stereocenters. The topological polar surface area (TPSA) is 68.8 Å². The van der Waals surface area contributed by atoms with Crippen molar-refractivity contribution in [3.63, 3.8) is 0 Å². The lowest BCUT2D eigenvalue weighted by Crippen LogP contribution is -2.08. The van der Waals surface area contributed by atoms with Crippen molar-refractivity contribution >= 4 is 0 Å². The lowest BCUT2D eigenvalue weighted by Gasteiger charge is -2.10. The van der Waals surface area contributed by atoms with Gasteiger partial charge in [-0.2, -0.15) is 5.10 Å². The van der Waals surface area contributed by atoms with Crippen LogP contribution in [0, 0.1) is 0 Å². The molecule has 6 nitrogen and oxygen atoms in total. The Balaban J connectivity index is 1.97. The van der Waals surface area contributed by atoms with Crippen molar-refractivity contribution in [2.24, 2.45) is 0 Å². The molecule has 0 amide bonds. The van der Waals surface area contributed by atoms with Crippen molar-refractivity contribution in [2.75, 3.05) is 0 Å². The molecule has 0 fully saturated rings. The molecule has 0 aliphatic heterocycles. The number of rotatable bonds is 4. The van der Waals surface area contributed by atoms with Gasteiger partial charge < -0.3 is 5.11 Å². The first-order chi connectivity index (χ1) is 9.79. The first-order valence-electron chi connectivity index (χ1n) is 6.46. The molecule has 0 saturated carbocycles. The molecule has 3 aromatic rings. The van der Waals surface area contributed by atoms with E-state index in [2.05, 4.69) is 15.4 Å². The summed E-state index contributed by atoms with van der Waals surface area (Å²) in [4.78, 5) is 0. The highest BCUT2D eigenvalue weighted by atomic mass is 16.3. The molecule has 2 aromatic heterocycles. The van der Waals surface area contributed by atoms with E-state index >= 15 is 0 Å². The first-order valence-corrected chi connectivity index (χ1v) is 6.46. The smallest absolute Gasteiger partial charge is 0.126 e. The molecule has 0 aliphatic carbocycles. The zero-order chi connectivity index (χ0) is 13.9. The lowest BCUT2D eigenvalue weighted by molar-refractivity contribution is 0.212. The monoisotopic (exact) mass is 269 g/mol. The molecule has 1 N–H and O–H groups in total. The molecule has 1 aromatic carbocycles. The summed E-state index contributed by atoms with van der Waals surface area (Å²) in [5.41, 5.74) is 2.21. The Morgan fingerprint density at radius 1 is 1.20 bits per heavy atom. The van der Waals surface area contributed by atoms with Gasteiger partial charge in [-0.1, -0.05) is 23.4 Å². The number of aryl methyl sites for hydroxylation is 1. The second kappa shape index (κ2) is 5.26. The molecule has 0 saturated heterocycles. The highest BCUT2D eigenvalue weighted by molar-refractivity contribution is 5.33. The predicted octanol–water partition coefficient (Wildman–Crippen LogP) is 1.57. The van der Waals surface area contributed by atoms with Crippen molar-refractivity contribution < 1.29 is 5.11 Å². The predicted molar refractivity (Wildman–Crippen MR) is 73.3 cm³/mol. The Morgan fingerprint density at radius 3 is 2.70 bits per heavy atom. The van der Waals surface area contributed by atoms with Gasteiger partial charge in [0.2, 0.25) is 0 Å². The van der Waals surface area contributed by atoms with Crippen molar-refractivity contribution in [1.82, 2.24) is 24.8 Å². The number of benzene rings is 1. The summed E-state index contributed by atoms with van der Waals surface area (Å²) in [6.07, 6.45) is 4.26. The standard InChI is InChI=1S/C14H15N5O/c1-2-18-10-11(8-16-18)14(20)13-9-15-17-19(13)12-6-4-3-5-7-12/h3-10,14,20H,2H2,1H3. The Bertz CT molecular complexity index is 688. The van der Waals surface area contributed by atoms with E-state index in [0.717, 1.165) is 17.8 Å². The van der Waals surface area contributed by atoms with E-state index in [1.807, 2.05) is 43.5 Å². The van der Waals surface area contributed by atoms with Gasteiger partial charge in [-0.15, -0.1) is 5.10 Å². The molecule has 0 spiro atoms. The number of aromatic nitrogens is 5. The maximum Gasteiger partial charge on any atom is 0.126 e. The second-order valence-electron chi connectivity index (χ2n) is 4.44. The number of para-hydroxylation sites is 1. The van der Waals surface area contributed by atoms with Gasteiger partial charge in [0.15, 0.2) is 0 Å². The Kier molecular flexibility index (Phi) is 3.30. The van der Waals surface area contributed by atoms with Gasteiger partial charge in [-0.05, 0) is 19.1 Å². The third-order valence-corrected chi connectivity index (χ3v) is 3.15. The van der Waals surface area contributed by atoms with Gasteiger partial charge >= 0.3 is 0 Å². The van der Waals surface area contributed by atoms with E-state index in [0.29, 0.717) is 5.69 Å². The fourth-order valence-corrected chi connectivity index (χ4v) is 2.06. The van der Waals surface area contributed by atoms with Crippen LogP contribution in [0.3, 0.4) is 0 Å².